The van der Waals surface area contributed by atoms with Gasteiger partial charge in [0.05, 0.1) is 10.7 Å². The molecule has 0 spiro atoms. The average Bonchev–Trinajstić information content (AvgIpc) is 2.21. The molecule has 98 valence electrons. The van der Waals surface area contributed by atoms with Crippen molar-refractivity contribution in [1.82, 2.24) is 0 Å². The van der Waals surface area contributed by atoms with Crippen LogP contribution in [0.1, 0.15) is 12.0 Å². The van der Waals surface area contributed by atoms with E-state index in [1.807, 2.05) is 5.32 Å². The van der Waals surface area contributed by atoms with Gasteiger partial charge in [0.1, 0.15) is 13.0 Å². The molecule has 0 unspecified atom stereocenters. The number of hydrogen-bond acceptors (Lipinski definition) is 3. The number of carbonyl (C=O) groups excluding carboxylic acids is 1. The topological polar surface area (TPSA) is 58.5 Å². The van der Waals surface area contributed by atoms with Crippen molar-refractivity contribution in [3.05, 3.63) is 33.7 Å². The van der Waals surface area contributed by atoms with E-state index in [1.165, 1.54) is 18.2 Å². The number of carbonyl (C=O) groups is 1. The van der Waals surface area contributed by atoms with Gasteiger partial charge in [-0.2, -0.15) is 18.1 Å². The van der Waals surface area contributed by atoms with Gasteiger partial charge in [-0.1, -0.05) is 28.9 Å². The summed E-state index contributed by atoms with van der Waals surface area (Å²) in [5.41, 5.74) is 0.351. The first kappa shape index (κ1) is 14.4. The summed E-state index contributed by atoms with van der Waals surface area (Å²) in [5, 5.41) is 4.66. The van der Waals surface area contributed by atoms with Crippen molar-refractivity contribution in [2.75, 3.05) is 5.32 Å². The molecule has 1 rings (SSSR count). The minimum atomic E-state index is -4.58. The maximum absolute atomic E-state index is 12.0. The molecule has 0 aliphatic heterocycles. The molecule has 0 aliphatic carbocycles. The molecule has 1 amide bonds. The van der Waals surface area contributed by atoms with Crippen LogP contribution in [-0.2, 0) is 11.3 Å². The van der Waals surface area contributed by atoms with E-state index >= 15 is 0 Å². The van der Waals surface area contributed by atoms with E-state index < -0.39 is 18.5 Å². The number of amides is 1. The number of nitrogens with one attached hydrogen (secondary N) is 1. The fourth-order valence-electron chi connectivity index (χ4n) is 1.24. The molecule has 0 heterocycles. The molecular weight excluding hydrogens is 273 g/mol. The van der Waals surface area contributed by atoms with Crippen LogP contribution >= 0.6 is 11.6 Å². The second-order valence-electron chi connectivity index (χ2n) is 3.41. The van der Waals surface area contributed by atoms with Gasteiger partial charge in [0.25, 0.3) is 0 Å². The first-order valence-corrected chi connectivity index (χ1v) is 5.14. The maximum Gasteiger partial charge on any atom is 0.397 e. The second-order valence-corrected chi connectivity index (χ2v) is 3.78. The second kappa shape index (κ2) is 5.81. The molecule has 0 saturated carbocycles. The summed E-state index contributed by atoms with van der Waals surface area (Å²) in [6.07, 6.45) is -6.18. The Kier molecular flexibility index (Phi) is 4.66. The highest BCUT2D eigenvalue weighted by atomic mass is 35.5. The monoisotopic (exact) mass is 280 g/mol. The van der Waals surface area contributed by atoms with Gasteiger partial charge in [-0.3, -0.25) is 4.79 Å². The Bertz CT molecular complexity index is 463. The van der Waals surface area contributed by atoms with Crippen molar-refractivity contribution in [2.45, 2.75) is 19.1 Å². The van der Waals surface area contributed by atoms with E-state index in [0.29, 0.717) is 5.56 Å². The van der Waals surface area contributed by atoms with Crippen molar-refractivity contribution in [2.24, 2.45) is 5.18 Å². The summed E-state index contributed by atoms with van der Waals surface area (Å²) in [7, 11) is 0. The fraction of sp³-hybridized carbons (Fsp3) is 0.300. The molecule has 0 atom stereocenters. The lowest BCUT2D eigenvalue weighted by atomic mass is 10.2. The van der Waals surface area contributed by atoms with Gasteiger partial charge in [-0.05, 0) is 11.6 Å². The van der Waals surface area contributed by atoms with Crippen LogP contribution < -0.4 is 5.32 Å². The Morgan fingerprint density at radius 2 is 2.06 bits per heavy atom. The zero-order valence-corrected chi connectivity index (χ0v) is 9.68. The Morgan fingerprint density at radius 1 is 1.39 bits per heavy atom. The number of alkyl halides is 3. The van der Waals surface area contributed by atoms with E-state index in [0.717, 1.165) is 0 Å². The molecular formula is C10H8ClF3N2O2. The highest BCUT2D eigenvalue weighted by Gasteiger charge is 2.31. The number of rotatable bonds is 4. The number of hydrogen-bond donors (Lipinski definition) is 1. The van der Waals surface area contributed by atoms with Crippen molar-refractivity contribution in [3.8, 4) is 0 Å². The standard InChI is InChI=1S/C10H8ClF3N2O2/c11-9-6(5-15-18)2-1-3-7(9)16-8(17)4-10(12,13)14/h1-3H,4-5H2,(H,16,17). The Morgan fingerprint density at radius 3 is 2.61 bits per heavy atom. The van der Waals surface area contributed by atoms with Gasteiger partial charge in [0.15, 0.2) is 0 Å². The Labute approximate surface area is 105 Å². The normalized spacial score (nSPS) is 11.1. The van der Waals surface area contributed by atoms with Crippen LogP contribution in [0.5, 0.6) is 0 Å². The molecule has 4 nitrogen and oxygen atoms in total. The van der Waals surface area contributed by atoms with Crippen LogP contribution in [0.15, 0.2) is 23.4 Å². The molecule has 0 bridgehead atoms. The summed E-state index contributed by atoms with van der Waals surface area (Å²) in [6, 6.07) is 4.28. The number of anilines is 1. The number of halogens is 4. The van der Waals surface area contributed by atoms with Crippen LogP contribution in [-0.4, -0.2) is 12.1 Å². The molecule has 0 aliphatic rings. The van der Waals surface area contributed by atoms with Crippen LogP contribution in [0.3, 0.4) is 0 Å². The largest absolute Gasteiger partial charge is 0.397 e. The summed E-state index contributed by atoms with van der Waals surface area (Å²) in [6.45, 7) is -0.220. The SMILES string of the molecule is O=NCc1cccc(NC(=O)CC(F)(F)F)c1Cl. The molecule has 8 heteroatoms. The smallest absolute Gasteiger partial charge is 0.324 e. The molecule has 0 saturated heterocycles. The van der Waals surface area contributed by atoms with Gasteiger partial charge in [-0.25, -0.2) is 0 Å². The van der Waals surface area contributed by atoms with Gasteiger partial charge in [0, 0.05) is 0 Å². The zero-order chi connectivity index (χ0) is 13.8. The maximum atomic E-state index is 12.0. The molecule has 18 heavy (non-hydrogen) atoms. The Hall–Kier alpha value is -1.63. The quantitative estimate of drug-likeness (QED) is 0.858. The summed E-state index contributed by atoms with van der Waals surface area (Å²) < 4.78 is 35.9. The lowest BCUT2D eigenvalue weighted by molar-refractivity contribution is -0.150. The number of nitrogens with zero attached hydrogens (tertiary/aromatic N) is 1. The molecule has 1 aromatic rings. The third kappa shape index (κ3) is 4.33. The first-order valence-electron chi connectivity index (χ1n) is 4.76. The predicted octanol–water partition coefficient (Wildman–Crippen LogP) is 3.50. The molecule has 0 aromatic heterocycles. The highest BCUT2D eigenvalue weighted by Crippen LogP contribution is 2.27. The fourth-order valence-corrected chi connectivity index (χ4v) is 1.48. The lowest BCUT2D eigenvalue weighted by Gasteiger charge is -2.10. The number of nitroso groups, excluding NO2 is 1. The summed E-state index contributed by atoms with van der Waals surface area (Å²) in [5.74, 6) is -1.22. The van der Waals surface area contributed by atoms with Crippen LogP contribution in [0.25, 0.3) is 0 Å². The number of benzene rings is 1. The first-order chi connectivity index (χ1) is 8.33. The van der Waals surface area contributed by atoms with E-state index in [2.05, 4.69) is 5.18 Å². The molecule has 0 radical (unpaired) electrons. The van der Waals surface area contributed by atoms with E-state index in [4.69, 9.17) is 11.6 Å². The predicted molar refractivity (Wildman–Crippen MR) is 60.3 cm³/mol. The Balaban J connectivity index is 2.82. The van der Waals surface area contributed by atoms with Crippen molar-refractivity contribution in [3.63, 3.8) is 0 Å². The lowest BCUT2D eigenvalue weighted by Crippen LogP contribution is -2.21. The van der Waals surface area contributed by atoms with E-state index in [1.54, 1.807) is 0 Å². The van der Waals surface area contributed by atoms with Crippen LogP contribution in [0.4, 0.5) is 18.9 Å². The highest BCUT2D eigenvalue weighted by molar-refractivity contribution is 6.34. The van der Waals surface area contributed by atoms with E-state index in [-0.39, 0.29) is 17.3 Å². The van der Waals surface area contributed by atoms with Crippen molar-refractivity contribution in [1.29, 1.82) is 0 Å². The summed E-state index contributed by atoms with van der Waals surface area (Å²) >= 11 is 5.81. The molecule has 0 fully saturated rings. The van der Waals surface area contributed by atoms with Gasteiger partial charge < -0.3 is 5.32 Å². The minimum absolute atomic E-state index is 0.00706. The third-order valence-electron chi connectivity index (χ3n) is 1.95. The average molecular weight is 281 g/mol. The van der Waals surface area contributed by atoms with E-state index in [9.17, 15) is 22.9 Å². The summed E-state index contributed by atoms with van der Waals surface area (Å²) in [4.78, 5) is 21.2. The minimum Gasteiger partial charge on any atom is -0.324 e. The molecule has 1 N–H and O–H groups in total. The van der Waals surface area contributed by atoms with Gasteiger partial charge in [-0.15, -0.1) is 0 Å². The van der Waals surface area contributed by atoms with Gasteiger partial charge in [0.2, 0.25) is 5.91 Å². The van der Waals surface area contributed by atoms with Crippen LogP contribution in [0, 0.1) is 4.91 Å². The van der Waals surface area contributed by atoms with Gasteiger partial charge >= 0.3 is 6.18 Å². The van der Waals surface area contributed by atoms with Crippen molar-refractivity contribution >= 4 is 23.2 Å². The third-order valence-corrected chi connectivity index (χ3v) is 2.40. The zero-order valence-electron chi connectivity index (χ0n) is 8.92. The van der Waals surface area contributed by atoms with Crippen molar-refractivity contribution < 1.29 is 18.0 Å². The molecule has 1 aromatic carbocycles. The van der Waals surface area contributed by atoms with Crippen LogP contribution in [0.2, 0.25) is 5.02 Å².